The fourth-order valence-electron chi connectivity index (χ4n) is 5.09. The third-order valence-electron chi connectivity index (χ3n) is 7.10. The summed E-state index contributed by atoms with van der Waals surface area (Å²) < 4.78 is 62.4. The molecule has 4 aromatic rings. The minimum absolute atomic E-state index is 0.0418. The van der Waals surface area contributed by atoms with E-state index in [1.165, 1.54) is 13.3 Å². The lowest BCUT2D eigenvalue weighted by Crippen LogP contribution is -2.63. The van der Waals surface area contributed by atoms with E-state index in [0.717, 1.165) is 12.1 Å². The van der Waals surface area contributed by atoms with Gasteiger partial charge in [-0.3, -0.25) is 4.98 Å². The Kier molecular flexibility index (Phi) is 7.03. The number of methoxy groups -OCH3 is 1. The zero-order chi connectivity index (χ0) is 27.9. The number of imidazole rings is 1. The summed E-state index contributed by atoms with van der Waals surface area (Å²) >= 11 is 0. The minimum Gasteiger partial charge on any atom is -0.491 e. The Morgan fingerprint density at radius 1 is 1.15 bits per heavy atom. The SMILES string of the molecule is COc1c(F)cc(-c2cc(Cn3cnc4c(N)nccc43)c(N3CCC[C@](N)([C@H](O)C(F)F)C3)cn2)cc1F. The smallest absolute Gasteiger partial charge is 0.265 e. The first-order chi connectivity index (χ1) is 18.6. The van der Waals surface area contributed by atoms with Gasteiger partial charge in [0.25, 0.3) is 6.43 Å². The lowest BCUT2D eigenvalue weighted by molar-refractivity contribution is -0.0529. The maximum Gasteiger partial charge on any atom is 0.265 e. The number of rotatable bonds is 7. The van der Waals surface area contributed by atoms with Crippen molar-refractivity contribution in [2.24, 2.45) is 5.73 Å². The predicted molar refractivity (Wildman–Crippen MR) is 138 cm³/mol. The second kappa shape index (κ2) is 10.3. The van der Waals surface area contributed by atoms with Gasteiger partial charge in [0.1, 0.15) is 11.6 Å². The average Bonchev–Trinajstić information content (AvgIpc) is 3.32. The van der Waals surface area contributed by atoms with Gasteiger partial charge in [-0.15, -0.1) is 0 Å². The first-order valence-corrected chi connectivity index (χ1v) is 12.2. The predicted octanol–water partition coefficient (Wildman–Crippen LogP) is 3.33. The summed E-state index contributed by atoms with van der Waals surface area (Å²) in [6, 6.07) is 5.66. The molecule has 1 saturated heterocycles. The first-order valence-electron chi connectivity index (χ1n) is 12.2. The third kappa shape index (κ3) is 4.94. The molecule has 0 unspecified atom stereocenters. The molecule has 2 atom stereocenters. The lowest BCUT2D eigenvalue weighted by Gasteiger charge is -2.44. The number of anilines is 2. The molecule has 0 radical (unpaired) electrons. The van der Waals surface area contributed by atoms with Gasteiger partial charge in [0.2, 0.25) is 0 Å². The molecule has 39 heavy (non-hydrogen) atoms. The number of alkyl halides is 2. The highest BCUT2D eigenvalue weighted by Crippen LogP contribution is 2.34. The largest absolute Gasteiger partial charge is 0.491 e. The van der Waals surface area contributed by atoms with E-state index in [1.54, 1.807) is 29.6 Å². The number of ether oxygens (including phenoxy) is 1. The summed E-state index contributed by atoms with van der Waals surface area (Å²) in [5, 5.41) is 10.2. The summed E-state index contributed by atoms with van der Waals surface area (Å²) in [5.74, 6) is -2.00. The van der Waals surface area contributed by atoms with E-state index in [4.69, 9.17) is 16.2 Å². The Morgan fingerprint density at radius 3 is 2.59 bits per heavy atom. The van der Waals surface area contributed by atoms with Crippen molar-refractivity contribution >= 4 is 22.5 Å². The molecular formula is C26H27F4N7O2. The molecule has 13 heteroatoms. The molecule has 1 fully saturated rings. The van der Waals surface area contributed by atoms with Crippen LogP contribution in [0.3, 0.4) is 0 Å². The van der Waals surface area contributed by atoms with Crippen molar-refractivity contribution in [3.63, 3.8) is 0 Å². The lowest BCUT2D eigenvalue weighted by atomic mass is 9.84. The Morgan fingerprint density at radius 2 is 1.90 bits per heavy atom. The standard InChI is InChI=1S/C26H27F4N7O2/c1-39-22-16(27)7-14(8-17(22)28)18-9-15(11-37-13-35-21-19(37)3-5-33-25(21)31)20(10-34-18)36-6-2-4-26(32,12-36)23(38)24(29)30/h3,5,7-10,13,23-24,38H,2,4,6,11-12,32H2,1H3,(H2,31,33)/t23-,26-/m1/s1. The van der Waals surface area contributed by atoms with Crippen LogP contribution in [0.4, 0.5) is 29.1 Å². The number of aliphatic hydroxyl groups is 1. The van der Waals surface area contributed by atoms with Gasteiger partial charge in [0.15, 0.2) is 23.2 Å². The molecule has 5 N–H and O–H groups in total. The number of piperidine rings is 1. The van der Waals surface area contributed by atoms with Crippen molar-refractivity contribution in [1.29, 1.82) is 0 Å². The van der Waals surface area contributed by atoms with Gasteiger partial charge in [-0.05, 0) is 42.7 Å². The summed E-state index contributed by atoms with van der Waals surface area (Å²) in [7, 11) is 1.17. The summed E-state index contributed by atoms with van der Waals surface area (Å²) in [5.41, 5.74) is 13.6. The van der Waals surface area contributed by atoms with Crippen LogP contribution in [0.5, 0.6) is 5.75 Å². The van der Waals surface area contributed by atoms with Crippen molar-refractivity contribution in [3.8, 4) is 17.0 Å². The molecule has 1 aliphatic rings. The minimum atomic E-state index is -2.99. The van der Waals surface area contributed by atoms with Crippen molar-refractivity contribution in [1.82, 2.24) is 19.5 Å². The van der Waals surface area contributed by atoms with Crippen LogP contribution in [0.15, 0.2) is 43.0 Å². The molecular weight excluding hydrogens is 518 g/mol. The topological polar surface area (TPSA) is 128 Å². The molecule has 0 saturated carbocycles. The van der Waals surface area contributed by atoms with Gasteiger partial charge in [0.05, 0.1) is 48.6 Å². The van der Waals surface area contributed by atoms with Crippen LogP contribution in [0.1, 0.15) is 18.4 Å². The molecule has 0 aliphatic carbocycles. The van der Waals surface area contributed by atoms with Crippen molar-refractivity contribution in [3.05, 3.63) is 60.2 Å². The zero-order valence-corrected chi connectivity index (χ0v) is 21.0. The van der Waals surface area contributed by atoms with E-state index in [2.05, 4.69) is 15.0 Å². The molecule has 4 heterocycles. The van der Waals surface area contributed by atoms with E-state index in [0.29, 0.717) is 35.2 Å². The third-order valence-corrected chi connectivity index (χ3v) is 7.10. The van der Waals surface area contributed by atoms with Crippen LogP contribution in [-0.4, -0.2) is 62.9 Å². The zero-order valence-electron chi connectivity index (χ0n) is 21.0. The number of halogens is 4. The molecule has 9 nitrogen and oxygen atoms in total. The fourth-order valence-corrected chi connectivity index (χ4v) is 5.09. The van der Waals surface area contributed by atoms with Gasteiger partial charge in [0, 0.05) is 24.8 Å². The van der Waals surface area contributed by atoms with Crippen LogP contribution in [0.2, 0.25) is 0 Å². The number of hydrogen-bond acceptors (Lipinski definition) is 8. The number of hydrogen-bond donors (Lipinski definition) is 3. The number of benzene rings is 1. The number of aliphatic hydroxyl groups excluding tert-OH is 1. The maximum atomic E-state index is 14.5. The molecule has 5 rings (SSSR count). The molecule has 0 amide bonds. The monoisotopic (exact) mass is 545 g/mol. The number of aromatic nitrogens is 4. The average molecular weight is 546 g/mol. The number of nitrogens with two attached hydrogens (primary N) is 2. The van der Waals surface area contributed by atoms with E-state index < -0.39 is 35.5 Å². The van der Waals surface area contributed by atoms with E-state index in [9.17, 15) is 22.7 Å². The number of nitrogens with zero attached hydrogens (tertiary/aromatic N) is 5. The summed E-state index contributed by atoms with van der Waals surface area (Å²) in [6.45, 7) is 0.674. The Labute approximate surface area is 221 Å². The van der Waals surface area contributed by atoms with E-state index in [-0.39, 0.29) is 36.6 Å². The second-order valence-corrected chi connectivity index (χ2v) is 9.65. The van der Waals surface area contributed by atoms with Crippen LogP contribution in [0, 0.1) is 11.6 Å². The number of nitrogen functional groups attached to an aromatic ring is 1. The normalized spacial score (nSPS) is 18.6. The molecule has 1 aliphatic heterocycles. The molecule has 206 valence electrons. The van der Waals surface area contributed by atoms with Crippen molar-refractivity contribution in [2.75, 3.05) is 30.8 Å². The highest BCUT2D eigenvalue weighted by atomic mass is 19.3. The highest BCUT2D eigenvalue weighted by Gasteiger charge is 2.43. The van der Waals surface area contributed by atoms with Crippen LogP contribution in [-0.2, 0) is 6.54 Å². The van der Waals surface area contributed by atoms with Crippen LogP contribution < -0.4 is 21.1 Å². The van der Waals surface area contributed by atoms with E-state index >= 15 is 0 Å². The first kappa shape index (κ1) is 26.6. The van der Waals surface area contributed by atoms with Gasteiger partial charge >= 0.3 is 0 Å². The molecule has 3 aromatic heterocycles. The van der Waals surface area contributed by atoms with Gasteiger partial charge in [-0.25, -0.2) is 27.5 Å². The van der Waals surface area contributed by atoms with Gasteiger partial charge < -0.3 is 30.8 Å². The second-order valence-electron chi connectivity index (χ2n) is 9.65. The molecule has 0 bridgehead atoms. The Bertz CT molecular complexity index is 1490. The maximum absolute atomic E-state index is 14.5. The highest BCUT2D eigenvalue weighted by molar-refractivity contribution is 5.84. The Balaban J connectivity index is 1.59. The number of pyridine rings is 2. The van der Waals surface area contributed by atoms with Crippen molar-refractivity contribution in [2.45, 2.75) is 37.5 Å². The van der Waals surface area contributed by atoms with Crippen LogP contribution >= 0.6 is 0 Å². The summed E-state index contributed by atoms with van der Waals surface area (Å²) in [6.07, 6.45) is 0.339. The number of fused-ring (bicyclic) bond motifs is 1. The molecule has 0 spiro atoms. The van der Waals surface area contributed by atoms with E-state index in [1.807, 2.05) is 4.57 Å². The Hall–Kier alpha value is -3.97. The quantitative estimate of drug-likeness (QED) is 0.302. The molecule has 1 aromatic carbocycles. The van der Waals surface area contributed by atoms with Crippen LogP contribution in [0.25, 0.3) is 22.3 Å². The van der Waals surface area contributed by atoms with Gasteiger partial charge in [-0.2, -0.15) is 0 Å². The van der Waals surface area contributed by atoms with Gasteiger partial charge in [-0.1, -0.05) is 0 Å². The van der Waals surface area contributed by atoms with Crippen molar-refractivity contribution < 1.29 is 27.4 Å². The fraction of sp³-hybridized carbons (Fsp3) is 0.346. The summed E-state index contributed by atoms with van der Waals surface area (Å²) in [4.78, 5) is 14.6.